The van der Waals surface area contributed by atoms with Crippen LogP contribution in [0.5, 0.6) is 0 Å². The van der Waals surface area contributed by atoms with Crippen LogP contribution in [0.25, 0.3) is 0 Å². The lowest BCUT2D eigenvalue weighted by Gasteiger charge is -2.46. The summed E-state index contributed by atoms with van der Waals surface area (Å²) < 4.78 is -0.0391. The van der Waals surface area contributed by atoms with Gasteiger partial charge >= 0.3 is 0 Å². The van der Waals surface area contributed by atoms with Crippen molar-refractivity contribution in [3.8, 4) is 0 Å². The Labute approximate surface area is 172 Å². The minimum absolute atomic E-state index is 0.00611. The Hall–Kier alpha value is 0.770. The summed E-state index contributed by atoms with van der Waals surface area (Å²) in [6, 6.07) is -0.272. The van der Waals surface area contributed by atoms with E-state index in [-0.39, 0.29) is 25.3 Å². The number of carbonyl (C=O) groups is 1. The first-order valence-corrected chi connectivity index (χ1v) is 10.4. The Bertz CT molecular complexity index is 452. The van der Waals surface area contributed by atoms with Crippen LogP contribution in [0.4, 0.5) is 0 Å². The van der Waals surface area contributed by atoms with Crippen LogP contribution in [-0.4, -0.2) is 46.0 Å². The van der Waals surface area contributed by atoms with E-state index in [1.54, 1.807) is 0 Å². The molecule has 1 aliphatic rings. The van der Waals surface area contributed by atoms with Gasteiger partial charge in [-0.2, -0.15) is 10.5 Å². The van der Waals surface area contributed by atoms with Crippen LogP contribution < -0.4 is 10.8 Å². The van der Waals surface area contributed by atoms with Crippen molar-refractivity contribution in [2.24, 2.45) is 5.92 Å². The van der Waals surface area contributed by atoms with Gasteiger partial charge in [0.1, 0.15) is 0 Å². The lowest BCUT2D eigenvalue weighted by molar-refractivity contribution is -0.215. The molecule has 3 atom stereocenters. The second-order valence-electron chi connectivity index (χ2n) is 8.31. The SMILES string of the molecule is CC1CC(C(=O)NC(CC(C)(I)I)C(C)(C)NO)CC(C)(C)N1O. The van der Waals surface area contributed by atoms with Crippen LogP contribution in [0.3, 0.4) is 0 Å². The molecule has 0 bridgehead atoms. The van der Waals surface area contributed by atoms with E-state index in [0.717, 1.165) is 6.42 Å². The van der Waals surface area contributed by atoms with E-state index in [2.05, 4.69) is 62.9 Å². The summed E-state index contributed by atoms with van der Waals surface area (Å²) in [5.41, 5.74) is 1.27. The Kier molecular flexibility index (Phi) is 7.79. The van der Waals surface area contributed by atoms with Gasteiger partial charge in [0.05, 0.1) is 13.0 Å². The second kappa shape index (κ2) is 8.20. The van der Waals surface area contributed by atoms with Gasteiger partial charge in [-0.1, -0.05) is 45.2 Å². The van der Waals surface area contributed by atoms with Crippen LogP contribution >= 0.6 is 45.2 Å². The van der Waals surface area contributed by atoms with Crippen molar-refractivity contribution in [2.75, 3.05) is 0 Å². The molecule has 8 heteroatoms. The van der Waals surface area contributed by atoms with Gasteiger partial charge in [0.25, 0.3) is 0 Å². The third-order valence-corrected chi connectivity index (χ3v) is 5.70. The van der Waals surface area contributed by atoms with Crippen molar-refractivity contribution in [3.63, 3.8) is 0 Å². The number of nitrogens with one attached hydrogen (secondary N) is 2. The second-order valence-corrected chi connectivity index (χ2v) is 15.1. The molecule has 4 N–H and O–H groups in total. The highest BCUT2D eigenvalue weighted by atomic mass is 127. The normalized spacial score (nSPS) is 26.9. The van der Waals surface area contributed by atoms with E-state index >= 15 is 0 Å². The number of nitrogens with zero attached hydrogens (tertiary/aromatic N) is 1. The number of hydrogen-bond donors (Lipinski definition) is 4. The predicted octanol–water partition coefficient (Wildman–Crippen LogP) is 3.47. The van der Waals surface area contributed by atoms with Crippen molar-refractivity contribution in [1.29, 1.82) is 0 Å². The maximum Gasteiger partial charge on any atom is 0.223 e. The minimum Gasteiger partial charge on any atom is -0.351 e. The molecule has 1 fully saturated rings. The molecular formula is C16H31I2N3O3. The van der Waals surface area contributed by atoms with Crippen LogP contribution in [0.2, 0.25) is 0 Å². The van der Waals surface area contributed by atoms with Gasteiger partial charge in [0.15, 0.2) is 0 Å². The van der Waals surface area contributed by atoms with E-state index in [1.807, 2.05) is 34.6 Å². The standard InChI is InChI=1S/C16H31I2N3O3/c1-10-7-11(8-14(2,3)21(10)24)13(22)19-12(9-16(6,17)18)15(4,5)20-23/h10-12,20,23-24H,7-9H2,1-6H3,(H,19,22). The Balaban J connectivity index is 2.88. The zero-order valence-electron chi connectivity index (χ0n) is 15.4. The van der Waals surface area contributed by atoms with Crippen LogP contribution in [0, 0.1) is 5.92 Å². The minimum atomic E-state index is -0.633. The maximum atomic E-state index is 12.9. The summed E-state index contributed by atoms with van der Waals surface area (Å²) in [6.45, 7) is 11.7. The van der Waals surface area contributed by atoms with Crippen molar-refractivity contribution >= 4 is 51.1 Å². The Morgan fingerprint density at radius 1 is 1.38 bits per heavy atom. The van der Waals surface area contributed by atoms with Gasteiger partial charge in [-0.05, 0) is 60.8 Å². The van der Waals surface area contributed by atoms with Crippen molar-refractivity contribution in [1.82, 2.24) is 15.9 Å². The number of rotatable bonds is 6. The topological polar surface area (TPSA) is 84.8 Å². The summed E-state index contributed by atoms with van der Waals surface area (Å²) in [5.74, 6) is -0.154. The Morgan fingerprint density at radius 3 is 2.33 bits per heavy atom. The fraction of sp³-hybridized carbons (Fsp3) is 0.938. The first-order chi connectivity index (χ1) is 10.7. The van der Waals surface area contributed by atoms with Crippen molar-refractivity contribution in [3.05, 3.63) is 0 Å². The molecule has 0 saturated carbocycles. The van der Waals surface area contributed by atoms with Gasteiger partial charge in [-0.15, -0.1) is 0 Å². The third kappa shape index (κ3) is 6.19. The molecule has 0 radical (unpaired) electrons. The molecule has 0 aromatic rings. The number of hydroxylamine groups is 3. The first kappa shape index (κ1) is 22.8. The predicted molar refractivity (Wildman–Crippen MR) is 112 cm³/mol. The molecule has 0 aromatic heterocycles. The molecule has 0 aromatic carbocycles. The molecule has 1 amide bonds. The van der Waals surface area contributed by atoms with Crippen molar-refractivity contribution < 1.29 is 15.2 Å². The zero-order chi connectivity index (χ0) is 18.9. The summed E-state index contributed by atoms with van der Waals surface area (Å²) in [6.07, 6.45) is 1.94. The largest absolute Gasteiger partial charge is 0.351 e. The van der Waals surface area contributed by atoms with Crippen LogP contribution in [-0.2, 0) is 4.79 Å². The molecule has 6 nitrogen and oxygen atoms in total. The molecule has 1 saturated heterocycles. The summed E-state index contributed by atoms with van der Waals surface area (Å²) in [7, 11) is 0. The summed E-state index contributed by atoms with van der Waals surface area (Å²) >= 11 is 4.69. The van der Waals surface area contributed by atoms with E-state index in [9.17, 15) is 15.2 Å². The zero-order valence-corrected chi connectivity index (χ0v) is 19.7. The summed E-state index contributed by atoms with van der Waals surface area (Å²) in [4.78, 5) is 12.9. The number of halogens is 2. The lowest BCUT2D eigenvalue weighted by atomic mass is 9.80. The highest BCUT2D eigenvalue weighted by Gasteiger charge is 2.43. The number of hydrogen-bond acceptors (Lipinski definition) is 5. The van der Waals surface area contributed by atoms with E-state index in [4.69, 9.17) is 0 Å². The van der Waals surface area contributed by atoms with E-state index < -0.39 is 11.1 Å². The average molecular weight is 567 g/mol. The highest BCUT2D eigenvalue weighted by Crippen LogP contribution is 2.36. The molecular weight excluding hydrogens is 536 g/mol. The number of alkyl halides is 2. The van der Waals surface area contributed by atoms with Gasteiger partial charge in [-0.25, -0.2) is 0 Å². The monoisotopic (exact) mass is 567 g/mol. The third-order valence-electron chi connectivity index (χ3n) is 4.82. The van der Waals surface area contributed by atoms with E-state index in [0.29, 0.717) is 12.8 Å². The highest BCUT2D eigenvalue weighted by molar-refractivity contribution is 14.2. The fourth-order valence-electron chi connectivity index (χ4n) is 3.30. The van der Waals surface area contributed by atoms with Gasteiger partial charge in [0.2, 0.25) is 5.91 Å². The number of amides is 1. The molecule has 142 valence electrons. The molecule has 0 spiro atoms. The van der Waals surface area contributed by atoms with Gasteiger partial charge in [-0.3, -0.25) is 4.79 Å². The molecule has 3 unspecified atom stereocenters. The fourth-order valence-corrected chi connectivity index (χ4v) is 4.18. The molecule has 0 aliphatic carbocycles. The summed E-state index contributed by atoms with van der Waals surface area (Å²) in [5, 5.41) is 24.2. The number of carbonyl (C=O) groups excluding carboxylic acids is 1. The molecule has 1 rings (SSSR count). The van der Waals surface area contributed by atoms with Gasteiger partial charge < -0.3 is 15.7 Å². The lowest BCUT2D eigenvalue weighted by Crippen LogP contribution is -2.60. The number of piperidine rings is 1. The molecule has 24 heavy (non-hydrogen) atoms. The van der Waals surface area contributed by atoms with Gasteiger partial charge in [0, 0.05) is 17.5 Å². The van der Waals surface area contributed by atoms with Crippen LogP contribution in [0.1, 0.15) is 60.8 Å². The van der Waals surface area contributed by atoms with Crippen molar-refractivity contribution in [2.45, 2.75) is 85.4 Å². The van der Waals surface area contributed by atoms with Crippen LogP contribution in [0.15, 0.2) is 0 Å². The molecule has 1 heterocycles. The average Bonchev–Trinajstić information content (AvgIpc) is 2.41. The maximum absolute atomic E-state index is 12.9. The molecule has 1 aliphatic heterocycles. The first-order valence-electron chi connectivity index (χ1n) is 8.27. The van der Waals surface area contributed by atoms with E-state index in [1.165, 1.54) is 5.06 Å². The Morgan fingerprint density at radius 2 is 1.92 bits per heavy atom. The smallest absolute Gasteiger partial charge is 0.223 e. The quantitative estimate of drug-likeness (QED) is 0.225.